The lowest BCUT2D eigenvalue weighted by molar-refractivity contribution is 0.0697. The molecule has 1 atom stereocenters. The number of carboxylic acids is 1. The first-order chi connectivity index (χ1) is 10.1. The van der Waals surface area contributed by atoms with Gasteiger partial charge in [0.05, 0.1) is 0 Å². The van der Waals surface area contributed by atoms with Crippen molar-refractivity contribution in [1.82, 2.24) is 9.88 Å². The van der Waals surface area contributed by atoms with Crippen molar-refractivity contribution in [3.05, 3.63) is 22.3 Å². The van der Waals surface area contributed by atoms with E-state index in [0.717, 1.165) is 19.5 Å². The Bertz CT molecular complexity index is 496. The van der Waals surface area contributed by atoms with Gasteiger partial charge in [-0.25, -0.2) is 9.78 Å². The van der Waals surface area contributed by atoms with Crippen molar-refractivity contribution in [3.8, 4) is 0 Å². The van der Waals surface area contributed by atoms with Crippen LogP contribution in [0.1, 0.15) is 43.0 Å². The normalized spacial score (nSPS) is 19.4. The number of pyridine rings is 1. The van der Waals surface area contributed by atoms with Crippen molar-refractivity contribution in [3.63, 3.8) is 0 Å². The van der Waals surface area contributed by atoms with Crippen LogP contribution in [0.15, 0.2) is 16.7 Å². The summed E-state index contributed by atoms with van der Waals surface area (Å²) in [6.45, 7) is 5.24. The van der Waals surface area contributed by atoms with Crippen molar-refractivity contribution in [2.45, 2.75) is 38.6 Å². The third-order valence-electron chi connectivity index (χ3n) is 3.94. The maximum atomic E-state index is 11.2. The average Bonchev–Trinajstić information content (AvgIpc) is 2.46. The lowest BCUT2D eigenvalue weighted by Crippen LogP contribution is -2.38. The van der Waals surface area contributed by atoms with Gasteiger partial charge < -0.3 is 15.3 Å². The number of aromatic carboxylic acids is 1. The molecule has 6 heteroatoms. The van der Waals surface area contributed by atoms with E-state index in [0.29, 0.717) is 16.3 Å². The standard InChI is InChI=1S/C15H22BrN3O2/c1-11-5-2-3-7-19(11)8-4-6-17-14-13(15(20)21)9-12(16)10-18-14/h9-11H,2-8H2,1H3,(H,17,18)(H,20,21). The van der Waals surface area contributed by atoms with E-state index in [4.69, 9.17) is 0 Å². The first-order valence-electron chi connectivity index (χ1n) is 7.44. The third-order valence-corrected chi connectivity index (χ3v) is 4.37. The van der Waals surface area contributed by atoms with Gasteiger partial charge in [0.1, 0.15) is 11.4 Å². The molecule has 0 spiro atoms. The predicted octanol–water partition coefficient (Wildman–Crippen LogP) is 3.22. The SMILES string of the molecule is CC1CCCCN1CCCNc1ncc(Br)cc1C(=O)O. The zero-order valence-electron chi connectivity index (χ0n) is 12.3. The van der Waals surface area contributed by atoms with Crippen LogP contribution in [-0.2, 0) is 0 Å². The largest absolute Gasteiger partial charge is 0.478 e. The quantitative estimate of drug-likeness (QED) is 0.767. The van der Waals surface area contributed by atoms with Gasteiger partial charge in [-0.2, -0.15) is 0 Å². The highest BCUT2D eigenvalue weighted by molar-refractivity contribution is 9.10. The molecule has 116 valence electrons. The summed E-state index contributed by atoms with van der Waals surface area (Å²) in [4.78, 5) is 17.8. The number of carbonyl (C=O) groups is 1. The summed E-state index contributed by atoms with van der Waals surface area (Å²) < 4.78 is 0.674. The summed E-state index contributed by atoms with van der Waals surface area (Å²) >= 11 is 3.24. The first-order valence-corrected chi connectivity index (χ1v) is 8.24. The monoisotopic (exact) mass is 355 g/mol. The maximum Gasteiger partial charge on any atom is 0.339 e. The van der Waals surface area contributed by atoms with E-state index in [2.05, 4.69) is 38.1 Å². The van der Waals surface area contributed by atoms with E-state index < -0.39 is 5.97 Å². The van der Waals surface area contributed by atoms with E-state index in [1.54, 1.807) is 12.3 Å². The molecule has 0 bridgehead atoms. The van der Waals surface area contributed by atoms with Crippen molar-refractivity contribution in [2.75, 3.05) is 25.0 Å². The molecule has 0 saturated carbocycles. The number of nitrogens with zero attached hydrogens (tertiary/aromatic N) is 2. The molecule has 5 nitrogen and oxygen atoms in total. The summed E-state index contributed by atoms with van der Waals surface area (Å²) in [6.07, 6.45) is 6.50. The highest BCUT2D eigenvalue weighted by Gasteiger charge is 2.17. The van der Waals surface area contributed by atoms with Crippen molar-refractivity contribution in [2.24, 2.45) is 0 Å². The molecule has 0 aromatic carbocycles. The number of likely N-dealkylation sites (tertiary alicyclic amines) is 1. The summed E-state index contributed by atoms with van der Waals surface area (Å²) in [7, 11) is 0. The highest BCUT2D eigenvalue weighted by Crippen LogP contribution is 2.19. The van der Waals surface area contributed by atoms with Crippen LogP contribution in [0, 0.1) is 0 Å². The summed E-state index contributed by atoms with van der Waals surface area (Å²) in [6, 6.07) is 2.24. The van der Waals surface area contributed by atoms with Gasteiger partial charge in [-0.05, 0) is 54.7 Å². The number of aromatic nitrogens is 1. The van der Waals surface area contributed by atoms with Crippen molar-refractivity contribution < 1.29 is 9.90 Å². The molecule has 0 radical (unpaired) electrons. The number of piperidine rings is 1. The minimum absolute atomic E-state index is 0.204. The molecule has 1 fully saturated rings. The van der Waals surface area contributed by atoms with Crippen LogP contribution in [0.4, 0.5) is 5.82 Å². The van der Waals surface area contributed by atoms with Gasteiger partial charge in [0, 0.05) is 29.8 Å². The van der Waals surface area contributed by atoms with Crippen LogP contribution in [0.2, 0.25) is 0 Å². The van der Waals surface area contributed by atoms with Gasteiger partial charge >= 0.3 is 5.97 Å². The molecule has 21 heavy (non-hydrogen) atoms. The summed E-state index contributed by atoms with van der Waals surface area (Å²) in [5.41, 5.74) is 0.204. The predicted molar refractivity (Wildman–Crippen MR) is 86.9 cm³/mol. The van der Waals surface area contributed by atoms with E-state index in [-0.39, 0.29) is 5.56 Å². The number of nitrogens with one attached hydrogen (secondary N) is 1. The number of rotatable bonds is 6. The second-order valence-electron chi connectivity index (χ2n) is 5.52. The van der Waals surface area contributed by atoms with Crippen molar-refractivity contribution >= 4 is 27.7 Å². The van der Waals surface area contributed by atoms with Crippen molar-refractivity contribution in [1.29, 1.82) is 0 Å². The second kappa shape index (κ2) is 7.75. The summed E-state index contributed by atoms with van der Waals surface area (Å²) in [5.74, 6) is -0.520. The molecule has 0 amide bonds. The molecule has 2 rings (SSSR count). The first kappa shape index (κ1) is 16.2. The molecule has 1 aliphatic rings. The van der Waals surface area contributed by atoms with Crippen LogP contribution in [0.25, 0.3) is 0 Å². The Labute approximate surface area is 133 Å². The Hall–Kier alpha value is -1.14. The van der Waals surface area contributed by atoms with E-state index in [9.17, 15) is 9.90 Å². The number of hydrogen-bond acceptors (Lipinski definition) is 4. The lowest BCUT2D eigenvalue weighted by atomic mass is 10.0. The molecule has 1 aliphatic heterocycles. The molecule has 1 aromatic heterocycles. The molecule has 2 heterocycles. The van der Waals surface area contributed by atoms with Gasteiger partial charge in [-0.1, -0.05) is 6.42 Å². The van der Waals surface area contributed by atoms with Crippen LogP contribution in [0.5, 0.6) is 0 Å². The topological polar surface area (TPSA) is 65.5 Å². The van der Waals surface area contributed by atoms with Gasteiger partial charge in [-0.15, -0.1) is 0 Å². The zero-order chi connectivity index (χ0) is 15.2. The molecule has 0 aliphatic carbocycles. The van der Waals surface area contributed by atoms with Crippen LogP contribution >= 0.6 is 15.9 Å². The smallest absolute Gasteiger partial charge is 0.339 e. The average molecular weight is 356 g/mol. The second-order valence-corrected chi connectivity index (χ2v) is 6.43. The van der Waals surface area contributed by atoms with Crippen LogP contribution in [0.3, 0.4) is 0 Å². The number of hydrogen-bond donors (Lipinski definition) is 2. The molecule has 1 saturated heterocycles. The Balaban J connectivity index is 1.82. The molecular formula is C15H22BrN3O2. The minimum atomic E-state index is -0.962. The Morgan fingerprint density at radius 2 is 2.38 bits per heavy atom. The fourth-order valence-electron chi connectivity index (χ4n) is 2.72. The van der Waals surface area contributed by atoms with Gasteiger partial charge in [-0.3, -0.25) is 0 Å². The number of anilines is 1. The van der Waals surface area contributed by atoms with E-state index >= 15 is 0 Å². The third kappa shape index (κ3) is 4.68. The fraction of sp³-hybridized carbons (Fsp3) is 0.600. The number of halogens is 1. The fourth-order valence-corrected chi connectivity index (χ4v) is 3.05. The molecule has 2 N–H and O–H groups in total. The molecule has 1 aromatic rings. The van der Waals surface area contributed by atoms with Crippen LogP contribution < -0.4 is 5.32 Å². The summed E-state index contributed by atoms with van der Waals surface area (Å²) in [5, 5.41) is 12.3. The Morgan fingerprint density at radius 1 is 1.57 bits per heavy atom. The molecule has 1 unspecified atom stereocenters. The van der Waals surface area contributed by atoms with Crippen LogP contribution in [-0.4, -0.2) is 46.6 Å². The maximum absolute atomic E-state index is 11.2. The van der Waals surface area contributed by atoms with Gasteiger partial charge in [0.2, 0.25) is 0 Å². The Morgan fingerprint density at radius 3 is 3.10 bits per heavy atom. The van der Waals surface area contributed by atoms with Gasteiger partial charge in [0.15, 0.2) is 0 Å². The van der Waals surface area contributed by atoms with E-state index in [1.165, 1.54) is 25.8 Å². The van der Waals surface area contributed by atoms with Gasteiger partial charge in [0.25, 0.3) is 0 Å². The van der Waals surface area contributed by atoms with E-state index in [1.807, 2.05) is 0 Å². The number of carboxylic acid groups (broad SMARTS) is 1. The highest BCUT2D eigenvalue weighted by atomic mass is 79.9. The lowest BCUT2D eigenvalue weighted by Gasteiger charge is -2.33. The minimum Gasteiger partial charge on any atom is -0.478 e. The zero-order valence-corrected chi connectivity index (χ0v) is 13.9. The Kier molecular flexibility index (Phi) is 5.99. The molecular weight excluding hydrogens is 334 g/mol.